The summed E-state index contributed by atoms with van der Waals surface area (Å²) in [5.74, 6) is 0.720. The quantitative estimate of drug-likeness (QED) is 0.607. The molecule has 4 aliphatic rings. The van der Waals surface area contributed by atoms with E-state index in [0.717, 1.165) is 55.2 Å². The molecule has 30 heavy (non-hydrogen) atoms. The van der Waals surface area contributed by atoms with Crippen molar-refractivity contribution in [1.29, 1.82) is 0 Å². The maximum absolute atomic E-state index is 12.2. The van der Waals surface area contributed by atoms with Gasteiger partial charge in [0.05, 0.1) is 5.60 Å². The highest BCUT2D eigenvalue weighted by Gasteiger charge is 2.64. The van der Waals surface area contributed by atoms with Gasteiger partial charge in [-0.05, 0) is 99.2 Å². The smallest absolute Gasteiger partial charge is 0.303 e. The largest absolute Gasteiger partial charge is 0.481 e. The van der Waals surface area contributed by atoms with Gasteiger partial charge in [0, 0.05) is 11.8 Å². The molecule has 0 aromatic carbocycles. The summed E-state index contributed by atoms with van der Waals surface area (Å²) in [6, 6.07) is 0. The third kappa shape index (κ3) is 2.97. The number of allylic oxidation sites excluding steroid dienone is 5. The van der Waals surface area contributed by atoms with Crippen LogP contribution in [-0.4, -0.2) is 27.6 Å². The molecule has 0 saturated heterocycles. The molecule has 4 nitrogen and oxygen atoms in total. The van der Waals surface area contributed by atoms with Crippen molar-refractivity contribution in [2.75, 3.05) is 0 Å². The van der Waals surface area contributed by atoms with Gasteiger partial charge in [0.2, 0.25) is 0 Å². The monoisotopic (exact) mass is 412 g/mol. The molecular weight excluding hydrogens is 376 g/mol. The van der Waals surface area contributed by atoms with E-state index in [1.807, 2.05) is 6.08 Å². The minimum Gasteiger partial charge on any atom is -0.481 e. The van der Waals surface area contributed by atoms with E-state index in [4.69, 9.17) is 5.11 Å². The highest BCUT2D eigenvalue weighted by Crippen LogP contribution is 2.69. The lowest BCUT2D eigenvalue weighted by Gasteiger charge is -2.59. The molecule has 0 aromatic heterocycles. The topological polar surface area (TPSA) is 74.6 Å². The Kier molecular flexibility index (Phi) is 5.16. The van der Waals surface area contributed by atoms with Crippen LogP contribution >= 0.6 is 0 Å². The number of fused-ring (bicyclic) bond motifs is 5. The number of aliphatic hydroxyl groups is 1. The van der Waals surface area contributed by atoms with Crippen molar-refractivity contribution in [2.45, 2.75) is 84.2 Å². The van der Waals surface area contributed by atoms with Crippen molar-refractivity contribution in [3.05, 3.63) is 35.5 Å². The van der Waals surface area contributed by atoms with E-state index in [0.29, 0.717) is 30.6 Å². The van der Waals surface area contributed by atoms with E-state index < -0.39 is 11.6 Å². The molecule has 0 aliphatic heterocycles. The summed E-state index contributed by atoms with van der Waals surface area (Å²) in [7, 11) is 0. The molecule has 0 spiro atoms. The summed E-state index contributed by atoms with van der Waals surface area (Å²) < 4.78 is 0. The molecule has 0 bridgehead atoms. The Bertz CT molecular complexity index is 851. The number of carbonyl (C=O) groups excluding carboxylic acids is 1. The van der Waals surface area contributed by atoms with Gasteiger partial charge < -0.3 is 10.2 Å². The van der Waals surface area contributed by atoms with Gasteiger partial charge in [0.1, 0.15) is 0 Å². The predicted octanol–water partition coefficient (Wildman–Crippen LogP) is 5.23. The van der Waals surface area contributed by atoms with Crippen molar-refractivity contribution >= 4 is 11.8 Å². The van der Waals surface area contributed by atoms with Crippen LogP contribution in [0.3, 0.4) is 0 Å². The van der Waals surface area contributed by atoms with Crippen molar-refractivity contribution in [3.63, 3.8) is 0 Å². The Hall–Kier alpha value is -1.68. The van der Waals surface area contributed by atoms with Crippen molar-refractivity contribution in [3.8, 4) is 0 Å². The number of hydrogen-bond donors (Lipinski definition) is 2. The Labute approximate surface area is 180 Å². The van der Waals surface area contributed by atoms with Crippen LogP contribution in [0.5, 0.6) is 0 Å². The van der Waals surface area contributed by atoms with Gasteiger partial charge in [-0.3, -0.25) is 9.59 Å². The molecule has 0 amide bonds. The molecule has 0 radical (unpaired) electrons. The van der Waals surface area contributed by atoms with E-state index >= 15 is 0 Å². The number of carboxylic acid groups (broad SMARTS) is 1. The Morgan fingerprint density at radius 1 is 1.17 bits per heavy atom. The average Bonchev–Trinajstić information content (AvgIpc) is 2.93. The third-order valence-corrected chi connectivity index (χ3v) is 9.62. The van der Waals surface area contributed by atoms with Gasteiger partial charge in [0.15, 0.2) is 5.78 Å². The maximum Gasteiger partial charge on any atom is 0.303 e. The molecule has 0 heterocycles. The second kappa shape index (κ2) is 7.19. The highest BCUT2D eigenvalue weighted by atomic mass is 16.4. The van der Waals surface area contributed by atoms with Gasteiger partial charge in [0.25, 0.3) is 0 Å². The average molecular weight is 413 g/mol. The van der Waals surface area contributed by atoms with Gasteiger partial charge >= 0.3 is 5.97 Å². The van der Waals surface area contributed by atoms with Gasteiger partial charge in [-0.15, -0.1) is 0 Å². The van der Waals surface area contributed by atoms with Crippen LogP contribution in [0.2, 0.25) is 0 Å². The van der Waals surface area contributed by atoms with Crippen LogP contribution in [-0.2, 0) is 9.59 Å². The zero-order valence-electron chi connectivity index (χ0n) is 18.7. The molecule has 0 aromatic rings. The predicted molar refractivity (Wildman–Crippen MR) is 117 cm³/mol. The van der Waals surface area contributed by atoms with Crippen LogP contribution in [0, 0.1) is 28.6 Å². The molecular formula is C26H36O4. The number of carbonyl (C=O) groups is 2. The summed E-state index contributed by atoms with van der Waals surface area (Å²) in [4.78, 5) is 23.0. The first kappa shape index (κ1) is 21.5. The van der Waals surface area contributed by atoms with Crippen LogP contribution < -0.4 is 0 Å². The summed E-state index contributed by atoms with van der Waals surface area (Å²) >= 11 is 0. The second-order valence-corrected chi connectivity index (χ2v) is 10.8. The Morgan fingerprint density at radius 3 is 2.57 bits per heavy atom. The summed E-state index contributed by atoms with van der Waals surface area (Å²) in [6.07, 6.45) is 10.7. The number of aliphatic carboxylic acids is 1. The molecule has 3 fully saturated rings. The normalized spacial score (nSPS) is 42.7. The highest BCUT2D eigenvalue weighted by molar-refractivity contribution is 6.02. The minimum absolute atomic E-state index is 0.0804. The molecule has 2 N–H and O–H groups in total. The molecule has 1 unspecified atom stereocenters. The Morgan fingerprint density at radius 2 is 1.87 bits per heavy atom. The SMILES string of the molecule is C=C1C[C@@H]2[C@@H](CC[C@@]3(C)[C@H]2CCC3(O)CCCCC(=O)O)[C@@]2(C)C(C)=CC(=O)C=C12. The van der Waals surface area contributed by atoms with Crippen molar-refractivity contribution in [2.24, 2.45) is 28.6 Å². The fraction of sp³-hybridized carbons (Fsp3) is 0.692. The van der Waals surface area contributed by atoms with Crippen LogP contribution in [0.4, 0.5) is 0 Å². The van der Waals surface area contributed by atoms with E-state index in [9.17, 15) is 14.7 Å². The van der Waals surface area contributed by atoms with Crippen LogP contribution in [0.1, 0.15) is 78.6 Å². The first-order chi connectivity index (χ1) is 14.0. The summed E-state index contributed by atoms with van der Waals surface area (Å²) in [5.41, 5.74) is 2.44. The number of unbranched alkanes of at least 4 members (excludes halogenated alkanes) is 1. The summed E-state index contributed by atoms with van der Waals surface area (Å²) in [5, 5.41) is 20.6. The lowest BCUT2D eigenvalue weighted by atomic mass is 9.45. The molecule has 164 valence electrons. The molecule has 6 atom stereocenters. The van der Waals surface area contributed by atoms with E-state index in [1.165, 1.54) is 0 Å². The summed E-state index contributed by atoms with van der Waals surface area (Å²) in [6.45, 7) is 11.1. The van der Waals surface area contributed by atoms with Crippen molar-refractivity contribution < 1.29 is 19.8 Å². The number of rotatable bonds is 5. The van der Waals surface area contributed by atoms with E-state index in [-0.39, 0.29) is 23.0 Å². The van der Waals surface area contributed by atoms with Gasteiger partial charge in [-0.2, -0.15) is 0 Å². The zero-order valence-corrected chi connectivity index (χ0v) is 18.7. The fourth-order valence-corrected chi connectivity index (χ4v) is 7.77. The number of ketones is 1. The molecule has 3 saturated carbocycles. The second-order valence-electron chi connectivity index (χ2n) is 10.8. The lowest BCUT2D eigenvalue weighted by molar-refractivity contribution is -0.137. The first-order valence-electron chi connectivity index (χ1n) is 11.6. The third-order valence-electron chi connectivity index (χ3n) is 9.62. The lowest BCUT2D eigenvalue weighted by Crippen LogP contribution is -2.55. The zero-order chi connectivity index (χ0) is 21.9. The van der Waals surface area contributed by atoms with E-state index in [2.05, 4.69) is 27.4 Å². The molecule has 4 rings (SSSR count). The van der Waals surface area contributed by atoms with Gasteiger partial charge in [-0.25, -0.2) is 0 Å². The van der Waals surface area contributed by atoms with Gasteiger partial charge in [-0.1, -0.05) is 31.6 Å². The van der Waals surface area contributed by atoms with Crippen LogP contribution in [0.25, 0.3) is 0 Å². The fourth-order valence-electron chi connectivity index (χ4n) is 7.77. The Balaban J connectivity index is 1.59. The van der Waals surface area contributed by atoms with Crippen molar-refractivity contribution in [1.82, 2.24) is 0 Å². The minimum atomic E-state index is -0.759. The standard InChI is InChI=1S/C26H36O4/c1-16-13-19-20-9-12-26(30,10-6-5-7-23(28)29)24(20,3)11-8-21(19)25(4)17(2)14-18(27)15-22(16)25/h14-15,19-21,30H,1,5-13H2,2-4H3,(H,28,29)/t19-,20-,21+,24-,25+,26?/m0/s1. The van der Waals surface area contributed by atoms with Crippen LogP contribution in [0.15, 0.2) is 35.5 Å². The first-order valence-corrected chi connectivity index (χ1v) is 11.6. The maximum atomic E-state index is 12.2. The molecule has 4 heteroatoms. The van der Waals surface area contributed by atoms with E-state index in [1.54, 1.807) is 6.08 Å². The number of hydrogen-bond acceptors (Lipinski definition) is 3. The number of carboxylic acids is 1. The molecule has 4 aliphatic carbocycles.